The summed E-state index contributed by atoms with van der Waals surface area (Å²) in [4.78, 5) is 24.5. The quantitative estimate of drug-likeness (QED) is 0.867. The average Bonchev–Trinajstić information content (AvgIpc) is 2.58. The van der Waals surface area contributed by atoms with Crippen LogP contribution in [0, 0.1) is 5.41 Å². The fourth-order valence-corrected chi connectivity index (χ4v) is 2.63. The van der Waals surface area contributed by atoms with E-state index in [0.29, 0.717) is 11.3 Å². The molecular weight excluding hydrogens is 296 g/mol. The molecule has 1 aromatic rings. The molecule has 0 fully saturated rings. The van der Waals surface area contributed by atoms with Crippen LogP contribution in [-0.4, -0.2) is 36.2 Å². The van der Waals surface area contributed by atoms with Gasteiger partial charge in [-0.2, -0.15) is 0 Å². The number of benzene rings is 1. The maximum Gasteiger partial charge on any atom is 0.342 e. The van der Waals surface area contributed by atoms with Crippen molar-refractivity contribution in [2.45, 2.75) is 39.4 Å². The first-order valence-electron chi connectivity index (χ1n) is 7.50. The number of rotatable bonds is 3. The summed E-state index contributed by atoms with van der Waals surface area (Å²) in [5.74, 6) is -0.248. The molecule has 0 spiro atoms. The highest BCUT2D eigenvalue weighted by Gasteiger charge is 2.40. The number of carbonyl (C=O) groups is 2. The van der Waals surface area contributed by atoms with E-state index in [1.807, 2.05) is 0 Å². The van der Waals surface area contributed by atoms with Crippen LogP contribution in [-0.2, 0) is 9.53 Å². The Balaban J connectivity index is 2.29. The Morgan fingerprint density at radius 1 is 1.30 bits per heavy atom. The number of allylic oxidation sites excluding steroid dienone is 1. The van der Waals surface area contributed by atoms with Crippen LogP contribution in [0.4, 0.5) is 0 Å². The van der Waals surface area contributed by atoms with E-state index in [4.69, 9.17) is 9.47 Å². The van der Waals surface area contributed by atoms with Crippen LogP contribution in [0.2, 0.25) is 0 Å². The first-order valence-corrected chi connectivity index (χ1v) is 7.50. The van der Waals surface area contributed by atoms with Gasteiger partial charge in [-0.3, -0.25) is 4.79 Å². The number of ketones is 1. The minimum absolute atomic E-state index is 0.0510. The number of esters is 1. The first-order chi connectivity index (χ1) is 10.8. The predicted molar refractivity (Wildman–Crippen MR) is 85.4 cm³/mol. The number of carbonyl (C=O) groups excluding carboxylic acids is 2. The molecule has 0 saturated heterocycles. The smallest absolute Gasteiger partial charge is 0.342 e. The molecule has 5 nitrogen and oxygen atoms in total. The molecule has 5 heteroatoms. The van der Waals surface area contributed by atoms with Crippen LogP contribution in [0.25, 0.3) is 0 Å². The zero-order chi connectivity index (χ0) is 17.2. The highest BCUT2D eigenvalue weighted by atomic mass is 16.6. The van der Waals surface area contributed by atoms with Gasteiger partial charge in [-0.05, 0) is 30.7 Å². The summed E-state index contributed by atoms with van der Waals surface area (Å²) in [5.41, 5.74) is 0.0888. The van der Waals surface area contributed by atoms with Crippen molar-refractivity contribution < 1.29 is 24.2 Å². The number of aliphatic hydroxyl groups is 1. The third-order valence-electron chi connectivity index (χ3n) is 4.15. The summed E-state index contributed by atoms with van der Waals surface area (Å²) in [6, 6.07) is 6.71. The van der Waals surface area contributed by atoms with E-state index < -0.39 is 23.6 Å². The Morgan fingerprint density at radius 3 is 2.61 bits per heavy atom. The molecule has 1 aromatic carbocycles. The normalized spacial score (nSPS) is 23.7. The van der Waals surface area contributed by atoms with Crippen molar-refractivity contribution in [3.05, 3.63) is 41.5 Å². The summed E-state index contributed by atoms with van der Waals surface area (Å²) < 4.78 is 10.6. The lowest BCUT2D eigenvalue weighted by Crippen LogP contribution is -2.40. The minimum atomic E-state index is -0.970. The molecule has 1 N–H and O–H groups in total. The molecule has 2 unspecified atom stereocenters. The molecule has 0 aromatic heterocycles. The molecule has 0 radical (unpaired) electrons. The molecule has 1 aliphatic carbocycles. The van der Waals surface area contributed by atoms with Crippen LogP contribution >= 0.6 is 0 Å². The summed E-state index contributed by atoms with van der Waals surface area (Å²) in [7, 11) is 1.47. The van der Waals surface area contributed by atoms with Gasteiger partial charge in [0.15, 0.2) is 5.78 Å². The molecule has 0 bridgehead atoms. The van der Waals surface area contributed by atoms with Gasteiger partial charge in [-0.15, -0.1) is 0 Å². The van der Waals surface area contributed by atoms with Crippen LogP contribution in [0.3, 0.4) is 0 Å². The molecule has 1 aliphatic rings. The molecule has 0 aliphatic heterocycles. The molecular formula is C18H22O5. The Morgan fingerprint density at radius 2 is 1.96 bits per heavy atom. The lowest BCUT2D eigenvalue weighted by molar-refractivity contribution is -0.119. The molecule has 0 amide bonds. The molecule has 124 valence electrons. The van der Waals surface area contributed by atoms with Crippen LogP contribution < -0.4 is 4.74 Å². The standard InChI is InChI=1S/C18H22O5/c1-11-9-15(16(20)18(2,3)10-13(11)19)23-17(21)12-7-5-6-8-14(12)22-4/h5-9,15-16,20H,10H2,1-4H3. The number of hydrogen-bond donors (Lipinski definition) is 1. The third-order valence-corrected chi connectivity index (χ3v) is 4.15. The van der Waals surface area contributed by atoms with E-state index in [1.54, 1.807) is 45.0 Å². The zero-order valence-electron chi connectivity index (χ0n) is 13.8. The lowest BCUT2D eigenvalue weighted by atomic mass is 9.80. The second-order valence-corrected chi connectivity index (χ2v) is 6.45. The Labute approximate surface area is 135 Å². The minimum Gasteiger partial charge on any atom is -0.496 e. The van der Waals surface area contributed by atoms with Gasteiger partial charge in [0.05, 0.1) is 7.11 Å². The van der Waals surface area contributed by atoms with Gasteiger partial charge in [-0.1, -0.05) is 26.0 Å². The lowest BCUT2D eigenvalue weighted by Gasteiger charge is -2.32. The van der Waals surface area contributed by atoms with Crippen LogP contribution in [0.1, 0.15) is 37.6 Å². The van der Waals surface area contributed by atoms with Crippen molar-refractivity contribution in [2.75, 3.05) is 7.11 Å². The topological polar surface area (TPSA) is 72.8 Å². The molecule has 0 heterocycles. The number of hydrogen-bond acceptors (Lipinski definition) is 5. The first kappa shape index (κ1) is 17.2. The van der Waals surface area contributed by atoms with Gasteiger partial charge >= 0.3 is 5.97 Å². The summed E-state index contributed by atoms with van der Waals surface area (Å²) >= 11 is 0. The van der Waals surface area contributed by atoms with Gasteiger partial charge in [0.1, 0.15) is 23.5 Å². The third kappa shape index (κ3) is 3.62. The second kappa shape index (κ2) is 6.54. The van der Waals surface area contributed by atoms with Crippen molar-refractivity contribution >= 4 is 11.8 Å². The largest absolute Gasteiger partial charge is 0.496 e. The van der Waals surface area contributed by atoms with Crippen LogP contribution in [0.5, 0.6) is 5.75 Å². The van der Waals surface area contributed by atoms with Crippen LogP contribution in [0.15, 0.2) is 35.9 Å². The van der Waals surface area contributed by atoms with Gasteiger partial charge < -0.3 is 14.6 Å². The van der Waals surface area contributed by atoms with Gasteiger partial charge in [0.2, 0.25) is 0 Å². The maximum atomic E-state index is 12.4. The number of aliphatic hydroxyl groups excluding tert-OH is 1. The Kier molecular flexibility index (Phi) is 4.90. The van der Waals surface area contributed by atoms with E-state index in [9.17, 15) is 14.7 Å². The molecule has 0 saturated carbocycles. The summed E-state index contributed by atoms with van der Waals surface area (Å²) in [5, 5.41) is 10.5. The number of Topliss-reactive ketones (excluding diaryl/α,β-unsaturated/α-hetero) is 1. The van der Waals surface area contributed by atoms with Crippen molar-refractivity contribution in [3.63, 3.8) is 0 Å². The van der Waals surface area contributed by atoms with Crippen molar-refractivity contribution in [2.24, 2.45) is 5.41 Å². The highest BCUT2D eigenvalue weighted by Crippen LogP contribution is 2.34. The number of para-hydroxylation sites is 1. The highest BCUT2D eigenvalue weighted by molar-refractivity contribution is 5.96. The second-order valence-electron chi connectivity index (χ2n) is 6.45. The zero-order valence-corrected chi connectivity index (χ0v) is 13.8. The van der Waals surface area contributed by atoms with E-state index in [-0.39, 0.29) is 17.8 Å². The summed E-state index contributed by atoms with van der Waals surface area (Å²) in [6.45, 7) is 5.23. The van der Waals surface area contributed by atoms with Gasteiger partial charge in [-0.25, -0.2) is 4.79 Å². The monoisotopic (exact) mass is 318 g/mol. The summed E-state index contributed by atoms with van der Waals surface area (Å²) in [6.07, 6.45) is -0.120. The van der Waals surface area contributed by atoms with E-state index in [2.05, 4.69) is 0 Å². The van der Waals surface area contributed by atoms with E-state index in [1.165, 1.54) is 13.2 Å². The van der Waals surface area contributed by atoms with Gasteiger partial charge in [0.25, 0.3) is 0 Å². The van der Waals surface area contributed by atoms with Gasteiger partial charge in [0, 0.05) is 11.8 Å². The Hall–Kier alpha value is -2.14. The molecule has 2 atom stereocenters. The fraction of sp³-hybridized carbons (Fsp3) is 0.444. The molecule has 23 heavy (non-hydrogen) atoms. The van der Waals surface area contributed by atoms with E-state index >= 15 is 0 Å². The SMILES string of the molecule is COc1ccccc1C(=O)OC1C=C(C)C(=O)CC(C)(C)C1O. The fourth-order valence-electron chi connectivity index (χ4n) is 2.63. The average molecular weight is 318 g/mol. The van der Waals surface area contributed by atoms with Crippen molar-refractivity contribution in [3.8, 4) is 5.75 Å². The van der Waals surface area contributed by atoms with E-state index in [0.717, 1.165) is 0 Å². The Bertz CT molecular complexity index is 645. The number of ether oxygens (including phenoxy) is 2. The predicted octanol–water partition coefficient (Wildman–Crippen LogP) is 2.53. The number of methoxy groups -OCH3 is 1. The maximum absolute atomic E-state index is 12.4. The van der Waals surface area contributed by atoms with Crippen molar-refractivity contribution in [1.82, 2.24) is 0 Å². The molecule has 2 rings (SSSR count). The van der Waals surface area contributed by atoms with Crippen molar-refractivity contribution in [1.29, 1.82) is 0 Å².